The Balaban J connectivity index is 1.50. The molecule has 0 saturated carbocycles. The SMILES string of the molecule is O=C(CNC(=O)[C@H]1CC(=O)N(c2ccccc2)C1)Nc1ccc(O)cc1. The zero-order valence-electron chi connectivity index (χ0n) is 14.0. The van der Waals surface area contributed by atoms with Crippen molar-refractivity contribution in [1.82, 2.24) is 5.32 Å². The first-order valence-electron chi connectivity index (χ1n) is 8.25. The van der Waals surface area contributed by atoms with Crippen LogP contribution in [0.25, 0.3) is 0 Å². The first-order chi connectivity index (χ1) is 12.5. The third kappa shape index (κ3) is 4.18. The van der Waals surface area contributed by atoms with Crippen LogP contribution >= 0.6 is 0 Å². The third-order valence-corrected chi connectivity index (χ3v) is 4.14. The van der Waals surface area contributed by atoms with Gasteiger partial charge in [-0.1, -0.05) is 18.2 Å². The van der Waals surface area contributed by atoms with Crippen molar-refractivity contribution < 1.29 is 19.5 Å². The van der Waals surface area contributed by atoms with Gasteiger partial charge in [0.05, 0.1) is 12.5 Å². The average molecular weight is 353 g/mol. The Kier molecular flexibility index (Phi) is 5.17. The molecular weight excluding hydrogens is 334 g/mol. The van der Waals surface area contributed by atoms with E-state index in [0.29, 0.717) is 12.2 Å². The molecule has 1 fully saturated rings. The Morgan fingerprint density at radius 2 is 1.77 bits per heavy atom. The molecule has 0 radical (unpaired) electrons. The molecule has 0 bridgehead atoms. The minimum atomic E-state index is -0.482. The fourth-order valence-electron chi connectivity index (χ4n) is 2.80. The Morgan fingerprint density at radius 3 is 2.46 bits per heavy atom. The van der Waals surface area contributed by atoms with E-state index in [2.05, 4.69) is 10.6 Å². The first kappa shape index (κ1) is 17.5. The van der Waals surface area contributed by atoms with Gasteiger partial charge >= 0.3 is 0 Å². The van der Waals surface area contributed by atoms with Crippen molar-refractivity contribution in [3.63, 3.8) is 0 Å². The van der Waals surface area contributed by atoms with E-state index in [1.807, 2.05) is 30.3 Å². The number of anilines is 2. The molecule has 0 aliphatic carbocycles. The minimum Gasteiger partial charge on any atom is -0.508 e. The topological polar surface area (TPSA) is 98.7 Å². The highest BCUT2D eigenvalue weighted by Crippen LogP contribution is 2.24. The van der Waals surface area contributed by atoms with E-state index >= 15 is 0 Å². The molecule has 0 unspecified atom stereocenters. The maximum absolute atomic E-state index is 12.3. The summed E-state index contributed by atoms with van der Waals surface area (Å²) >= 11 is 0. The molecule has 1 heterocycles. The van der Waals surface area contributed by atoms with Gasteiger partial charge in [-0.15, -0.1) is 0 Å². The smallest absolute Gasteiger partial charge is 0.243 e. The molecule has 2 aromatic rings. The molecule has 7 heteroatoms. The number of aromatic hydroxyl groups is 1. The number of nitrogens with zero attached hydrogens (tertiary/aromatic N) is 1. The van der Waals surface area contributed by atoms with E-state index in [0.717, 1.165) is 5.69 Å². The van der Waals surface area contributed by atoms with Gasteiger partial charge < -0.3 is 20.6 Å². The van der Waals surface area contributed by atoms with Crippen molar-refractivity contribution in [1.29, 1.82) is 0 Å². The standard InChI is InChI=1S/C19H19N3O4/c23-16-8-6-14(7-9-16)21-17(24)11-20-19(26)13-10-18(25)22(12-13)15-4-2-1-3-5-15/h1-9,13,23H,10-12H2,(H,20,26)(H,21,24)/t13-/m0/s1. The summed E-state index contributed by atoms with van der Waals surface area (Å²) in [6.07, 6.45) is 0.125. The molecule has 0 spiro atoms. The summed E-state index contributed by atoms with van der Waals surface area (Å²) in [6, 6.07) is 15.2. The molecule has 1 aliphatic rings. The predicted molar refractivity (Wildman–Crippen MR) is 96.6 cm³/mol. The number of hydrogen-bond donors (Lipinski definition) is 3. The quantitative estimate of drug-likeness (QED) is 0.710. The van der Waals surface area contributed by atoms with E-state index in [1.165, 1.54) is 12.1 Å². The Bertz CT molecular complexity index is 805. The molecule has 1 atom stereocenters. The molecule has 3 rings (SSSR count). The Morgan fingerprint density at radius 1 is 1.08 bits per heavy atom. The van der Waals surface area contributed by atoms with Crippen molar-refractivity contribution in [2.45, 2.75) is 6.42 Å². The van der Waals surface area contributed by atoms with Gasteiger partial charge in [-0.25, -0.2) is 0 Å². The molecule has 3 N–H and O–H groups in total. The van der Waals surface area contributed by atoms with Crippen molar-refractivity contribution in [2.24, 2.45) is 5.92 Å². The van der Waals surface area contributed by atoms with Crippen LogP contribution in [0.2, 0.25) is 0 Å². The summed E-state index contributed by atoms with van der Waals surface area (Å²) in [5.41, 5.74) is 1.28. The summed E-state index contributed by atoms with van der Waals surface area (Å²) in [5.74, 6) is -1.19. The van der Waals surface area contributed by atoms with Crippen LogP contribution in [0, 0.1) is 5.92 Å². The highest BCUT2D eigenvalue weighted by Gasteiger charge is 2.35. The number of para-hydroxylation sites is 1. The number of carbonyl (C=O) groups excluding carboxylic acids is 3. The van der Waals surface area contributed by atoms with Crippen LogP contribution in [-0.4, -0.2) is 35.9 Å². The van der Waals surface area contributed by atoms with Crippen LogP contribution in [0.3, 0.4) is 0 Å². The number of amides is 3. The number of carbonyl (C=O) groups is 3. The molecule has 26 heavy (non-hydrogen) atoms. The number of phenolic OH excluding ortho intramolecular Hbond substituents is 1. The lowest BCUT2D eigenvalue weighted by molar-refractivity contribution is -0.127. The number of rotatable bonds is 5. The summed E-state index contributed by atoms with van der Waals surface area (Å²) in [6.45, 7) is 0.115. The molecule has 2 aromatic carbocycles. The van der Waals surface area contributed by atoms with Crippen LogP contribution < -0.4 is 15.5 Å². The molecule has 134 valence electrons. The second kappa shape index (κ2) is 7.69. The third-order valence-electron chi connectivity index (χ3n) is 4.14. The van der Waals surface area contributed by atoms with Gasteiger partial charge in [0.2, 0.25) is 17.7 Å². The summed E-state index contributed by atoms with van der Waals surface area (Å²) in [7, 11) is 0. The fraction of sp³-hybridized carbons (Fsp3) is 0.211. The fourth-order valence-corrected chi connectivity index (χ4v) is 2.80. The van der Waals surface area contributed by atoms with Crippen molar-refractivity contribution in [2.75, 3.05) is 23.3 Å². The van der Waals surface area contributed by atoms with Crippen molar-refractivity contribution in [3.05, 3.63) is 54.6 Å². The second-order valence-corrected chi connectivity index (χ2v) is 6.05. The molecule has 1 aliphatic heterocycles. The van der Waals surface area contributed by atoms with Gasteiger partial charge in [-0.05, 0) is 36.4 Å². The van der Waals surface area contributed by atoms with Crippen molar-refractivity contribution >= 4 is 29.1 Å². The Hall–Kier alpha value is -3.35. The lowest BCUT2D eigenvalue weighted by Crippen LogP contribution is -2.37. The highest BCUT2D eigenvalue weighted by molar-refractivity contribution is 6.01. The number of phenols is 1. The zero-order valence-corrected chi connectivity index (χ0v) is 14.0. The van der Waals surface area contributed by atoms with E-state index in [-0.39, 0.29) is 36.4 Å². The van der Waals surface area contributed by atoms with Crippen LogP contribution in [0.15, 0.2) is 54.6 Å². The summed E-state index contributed by atoms with van der Waals surface area (Å²) < 4.78 is 0. The Labute approximate surface area is 150 Å². The number of nitrogens with one attached hydrogen (secondary N) is 2. The van der Waals surface area contributed by atoms with Gasteiger partial charge in [0.1, 0.15) is 5.75 Å². The number of benzene rings is 2. The maximum Gasteiger partial charge on any atom is 0.243 e. The van der Waals surface area contributed by atoms with Gasteiger partial charge in [0.15, 0.2) is 0 Å². The second-order valence-electron chi connectivity index (χ2n) is 6.05. The van der Waals surface area contributed by atoms with E-state index < -0.39 is 5.92 Å². The largest absolute Gasteiger partial charge is 0.508 e. The monoisotopic (exact) mass is 353 g/mol. The average Bonchev–Trinajstić information content (AvgIpc) is 3.04. The molecule has 0 aromatic heterocycles. The molecule has 3 amide bonds. The lowest BCUT2D eigenvalue weighted by atomic mass is 10.1. The van der Waals surface area contributed by atoms with E-state index in [9.17, 15) is 19.5 Å². The van der Waals surface area contributed by atoms with E-state index in [4.69, 9.17) is 0 Å². The number of hydrogen-bond acceptors (Lipinski definition) is 4. The van der Waals surface area contributed by atoms with Crippen LogP contribution in [0.1, 0.15) is 6.42 Å². The van der Waals surface area contributed by atoms with Gasteiger partial charge in [-0.3, -0.25) is 14.4 Å². The first-order valence-corrected chi connectivity index (χ1v) is 8.25. The summed E-state index contributed by atoms with van der Waals surface area (Å²) in [4.78, 5) is 37.9. The molecule has 1 saturated heterocycles. The van der Waals surface area contributed by atoms with Crippen LogP contribution in [-0.2, 0) is 14.4 Å². The zero-order chi connectivity index (χ0) is 18.5. The van der Waals surface area contributed by atoms with Gasteiger partial charge in [0.25, 0.3) is 0 Å². The van der Waals surface area contributed by atoms with Gasteiger partial charge in [0, 0.05) is 24.3 Å². The predicted octanol–water partition coefficient (Wildman–Crippen LogP) is 1.50. The highest BCUT2D eigenvalue weighted by atomic mass is 16.3. The summed E-state index contributed by atoms with van der Waals surface area (Å²) in [5, 5.41) is 14.4. The van der Waals surface area contributed by atoms with Crippen LogP contribution in [0.5, 0.6) is 5.75 Å². The molecular formula is C19H19N3O4. The van der Waals surface area contributed by atoms with Crippen LogP contribution in [0.4, 0.5) is 11.4 Å². The minimum absolute atomic E-state index is 0.102. The van der Waals surface area contributed by atoms with Crippen molar-refractivity contribution in [3.8, 4) is 5.75 Å². The lowest BCUT2D eigenvalue weighted by Gasteiger charge is -2.16. The normalized spacial score (nSPS) is 16.4. The maximum atomic E-state index is 12.3. The molecule has 7 nitrogen and oxygen atoms in total. The van der Waals surface area contributed by atoms with E-state index in [1.54, 1.807) is 17.0 Å². The van der Waals surface area contributed by atoms with Gasteiger partial charge in [-0.2, -0.15) is 0 Å².